The molecule has 0 bridgehead atoms. The summed E-state index contributed by atoms with van der Waals surface area (Å²) in [5.74, 6) is -1.18. The first-order chi connectivity index (χ1) is 11.0. The zero-order valence-corrected chi connectivity index (χ0v) is 13.8. The van der Waals surface area contributed by atoms with E-state index >= 15 is 0 Å². The molecule has 0 saturated carbocycles. The average Bonchev–Trinajstić information content (AvgIpc) is 3.09. The lowest BCUT2D eigenvalue weighted by Crippen LogP contribution is -2.17. The van der Waals surface area contributed by atoms with Crippen LogP contribution >= 0.6 is 11.3 Å². The number of thiophene rings is 1. The molecule has 0 aliphatic carbocycles. The number of hydrogen-bond acceptors (Lipinski definition) is 3. The molecular formula is C17H17F2N3S. The van der Waals surface area contributed by atoms with Gasteiger partial charge in [0.1, 0.15) is 11.6 Å². The van der Waals surface area contributed by atoms with E-state index in [1.54, 1.807) is 17.5 Å². The van der Waals surface area contributed by atoms with E-state index in [1.807, 2.05) is 7.05 Å². The monoisotopic (exact) mass is 333 g/mol. The minimum absolute atomic E-state index is 0.333. The molecule has 2 aromatic heterocycles. The summed E-state index contributed by atoms with van der Waals surface area (Å²) in [6.45, 7) is 3.54. The van der Waals surface area contributed by atoms with Crippen LogP contribution in [0, 0.1) is 18.6 Å². The van der Waals surface area contributed by atoms with Gasteiger partial charge in [0.2, 0.25) is 0 Å². The van der Waals surface area contributed by atoms with Crippen molar-refractivity contribution in [3.63, 3.8) is 0 Å². The van der Waals surface area contributed by atoms with Gasteiger partial charge in [-0.1, -0.05) is 0 Å². The van der Waals surface area contributed by atoms with E-state index in [0.29, 0.717) is 17.8 Å². The number of hydrogen-bond donors (Lipinski definition) is 1. The molecular weight excluding hydrogens is 316 g/mol. The number of nitrogens with one attached hydrogen (secondary N) is 1. The molecule has 6 heteroatoms. The number of halogens is 2. The number of nitrogens with zero attached hydrogens (tertiary/aromatic N) is 2. The Bertz CT molecular complexity index is 810. The number of aromatic nitrogens is 2. The fourth-order valence-electron chi connectivity index (χ4n) is 2.51. The maximum Gasteiger partial charge on any atom is 0.135 e. The minimum atomic E-state index is -0.591. The highest BCUT2D eigenvalue weighted by molar-refractivity contribution is 7.10. The minimum Gasteiger partial charge on any atom is -0.297 e. The molecule has 0 aliphatic rings. The lowest BCUT2D eigenvalue weighted by atomic mass is 10.1. The Kier molecular flexibility index (Phi) is 4.54. The van der Waals surface area contributed by atoms with Gasteiger partial charge in [-0.15, -0.1) is 11.3 Å². The van der Waals surface area contributed by atoms with Gasteiger partial charge in [-0.3, -0.25) is 10.00 Å². The van der Waals surface area contributed by atoms with E-state index in [4.69, 9.17) is 0 Å². The maximum atomic E-state index is 14.0. The van der Waals surface area contributed by atoms with Crippen molar-refractivity contribution in [1.29, 1.82) is 0 Å². The van der Waals surface area contributed by atoms with Crippen LogP contribution in [-0.4, -0.2) is 22.1 Å². The van der Waals surface area contributed by atoms with Crippen molar-refractivity contribution >= 4 is 11.3 Å². The second-order valence-corrected chi connectivity index (χ2v) is 6.59. The molecule has 0 unspecified atom stereocenters. The number of aryl methyl sites for hydroxylation is 1. The molecule has 120 valence electrons. The third-order valence-electron chi connectivity index (χ3n) is 3.74. The summed E-state index contributed by atoms with van der Waals surface area (Å²) in [5.41, 5.74) is 3.09. The van der Waals surface area contributed by atoms with Crippen molar-refractivity contribution in [3.8, 4) is 11.3 Å². The van der Waals surface area contributed by atoms with Crippen LogP contribution in [0.3, 0.4) is 0 Å². The molecule has 23 heavy (non-hydrogen) atoms. The van der Waals surface area contributed by atoms with E-state index in [0.717, 1.165) is 18.2 Å². The standard InChI is InChI=1S/C17H17F2N3S/c1-11-5-6-23-16(11)10-22(2)9-12-8-20-21-17(12)14-4-3-13(18)7-15(14)19/h3-8H,9-10H2,1-2H3,(H,20,21). The first kappa shape index (κ1) is 15.8. The van der Waals surface area contributed by atoms with Crippen molar-refractivity contribution in [3.05, 3.63) is 63.5 Å². The molecule has 0 fully saturated rings. The van der Waals surface area contributed by atoms with Crippen LogP contribution in [0.15, 0.2) is 35.8 Å². The number of aromatic amines is 1. The van der Waals surface area contributed by atoms with Gasteiger partial charge in [0.15, 0.2) is 0 Å². The lowest BCUT2D eigenvalue weighted by molar-refractivity contribution is 0.322. The topological polar surface area (TPSA) is 31.9 Å². The van der Waals surface area contributed by atoms with Crippen molar-refractivity contribution in [2.75, 3.05) is 7.05 Å². The fourth-order valence-corrected chi connectivity index (χ4v) is 3.50. The van der Waals surface area contributed by atoms with Crippen LogP contribution < -0.4 is 0 Å². The Morgan fingerprint density at radius 2 is 2.04 bits per heavy atom. The normalized spacial score (nSPS) is 11.3. The summed E-state index contributed by atoms with van der Waals surface area (Å²) in [7, 11) is 2.01. The van der Waals surface area contributed by atoms with E-state index in [-0.39, 0.29) is 0 Å². The summed E-state index contributed by atoms with van der Waals surface area (Å²) in [6, 6.07) is 5.68. The van der Waals surface area contributed by atoms with Gasteiger partial charge in [0.25, 0.3) is 0 Å². The van der Waals surface area contributed by atoms with Crippen molar-refractivity contribution in [2.24, 2.45) is 0 Å². The highest BCUT2D eigenvalue weighted by atomic mass is 32.1. The Hall–Kier alpha value is -2.05. The molecule has 3 nitrogen and oxygen atoms in total. The molecule has 3 aromatic rings. The second kappa shape index (κ2) is 6.60. The molecule has 1 aromatic carbocycles. The Labute approximate surface area is 137 Å². The fraction of sp³-hybridized carbons (Fsp3) is 0.235. The SMILES string of the molecule is Cc1ccsc1CN(C)Cc1cn[nH]c1-c1ccc(F)cc1F. The second-order valence-electron chi connectivity index (χ2n) is 5.59. The molecule has 0 spiro atoms. The molecule has 2 heterocycles. The summed E-state index contributed by atoms with van der Waals surface area (Å²) in [5, 5.41) is 8.92. The Balaban J connectivity index is 1.79. The third-order valence-corrected chi connectivity index (χ3v) is 4.75. The maximum absolute atomic E-state index is 14.0. The zero-order chi connectivity index (χ0) is 16.4. The molecule has 0 aliphatic heterocycles. The Morgan fingerprint density at radius 1 is 1.22 bits per heavy atom. The smallest absolute Gasteiger partial charge is 0.135 e. The molecule has 3 rings (SSSR count). The summed E-state index contributed by atoms with van der Waals surface area (Å²) in [4.78, 5) is 3.46. The lowest BCUT2D eigenvalue weighted by Gasteiger charge is -2.16. The summed E-state index contributed by atoms with van der Waals surface area (Å²) < 4.78 is 27.1. The molecule has 0 amide bonds. The highest BCUT2D eigenvalue weighted by Crippen LogP contribution is 2.26. The van der Waals surface area contributed by atoms with Crippen molar-refractivity contribution < 1.29 is 8.78 Å². The first-order valence-corrected chi connectivity index (χ1v) is 8.11. The highest BCUT2D eigenvalue weighted by Gasteiger charge is 2.15. The van der Waals surface area contributed by atoms with Crippen LogP contribution in [0.25, 0.3) is 11.3 Å². The summed E-state index contributed by atoms with van der Waals surface area (Å²) >= 11 is 1.73. The van der Waals surface area contributed by atoms with Crippen LogP contribution in [0.1, 0.15) is 16.0 Å². The quantitative estimate of drug-likeness (QED) is 0.752. The molecule has 0 atom stereocenters. The van der Waals surface area contributed by atoms with Gasteiger partial charge < -0.3 is 0 Å². The van der Waals surface area contributed by atoms with Crippen LogP contribution in [0.5, 0.6) is 0 Å². The predicted molar refractivity (Wildman–Crippen MR) is 88.2 cm³/mol. The van der Waals surface area contributed by atoms with Gasteiger partial charge in [-0.05, 0) is 43.1 Å². The van der Waals surface area contributed by atoms with Gasteiger partial charge in [0.05, 0.1) is 11.9 Å². The van der Waals surface area contributed by atoms with Crippen LogP contribution in [0.4, 0.5) is 8.78 Å². The first-order valence-electron chi connectivity index (χ1n) is 7.24. The molecule has 0 radical (unpaired) electrons. The van der Waals surface area contributed by atoms with Gasteiger partial charge in [-0.25, -0.2) is 8.78 Å². The molecule has 1 N–H and O–H groups in total. The van der Waals surface area contributed by atoms with E-state index < -0.39 is 11.6 Å². The third kappa shape index (κ3) is 3.48. The van der Waals surface area contributed by atoms with Gasteiger partial charge >= 0.3 is 0 Å². The Morgan fingerprint density at radius 3 is 2.74 bits per heavy atom. The average molecular weight is 333 g/mol. The largest absolute Gasteiger partial charge is 0.297 e. The number of rotatable bonds is 5. The van der Waals surface area contributed by atoms with Gasteiger partial charge in [0, 0.05) is 35.2 Å². The van der Waals surface area contributed by atoms with Gasteiger partial charge in [-0.2, -0.15) is 5.10 Å². The number of H-pyrrole nitrogens is 1. The van der Waals surface area contributed by atoms with Crippen LogP contribution in [-0.2, 0) is 13.1 Å². The van der Waals surface area contributed by atoms with Crippen LogP contribution in [0.2, 0.25) is 0 Å². The summed E-state index contributed by atoms with van der Waals surface area (Å²) in [6.07, 6.45) is 1.69. The van der Waals surface area contributed by atoms with Crippen molar-refractivity contribution in [2.45, 2.75) is 20.0 Å². The predicted octanol–water partition coefficient (Wildman–Crippen LogP) is 4.36. The van der Waals surface area contributed by atoms with Crippen molar-refractivity contribution in [1.82, 2.24) is 15.1 Å². The van der Waals surface area contributed by atoms with E-state index in [9.17, 15) is 8.78 Å². The molecule has 0 saturated heterocycles. The van der Waals surface area contributed by atoms with E-state index in [1.165, 1.54) is 22.6 Å². The zero-order valence-electron chi connectivity index (χ0n) is 12.9. The van der Waals surface area contributed by atoms with E-state index in [2.05, 4.69) is 33.5 Å². The number of benzene rings is 1.